The number of carbonyl (C=O) groups excluding carboxylic acids is 1. The van der Waals surface area contributed by atoms with Crippen LogP contribution in [0.3, 0.4) is 0 Å². The van der Waals surface area contributed by atoms with Gasteiger partial charge in [-0.1, -0.05) is 12.1 Å². The van der Waals surface area contributed by atoms with Crippen LogP contribution in [0.1, 0.15) is 0 Å². The molecule has 1 N–H and O–H groups in total. The van der Waals surface area contributed by atoms with Crippen molar-refractivity contribution >= 4 is 38.9 Å². The highest BCUT2D eigenvalue weighted by Crippen LogP contribution is 2.26. The molecule has 0 aliphatic carbocycles. The van der Waals surface area contributed by atoms with Crippen LogP contribution in [0.25, 0.3) is 0 Å². The molecule has 0 bridgehead atoms. The Morgan fingerprint density at radius 1 is 1.24 bits per heavy atom. The minimum Gasteiger partial charge on any atom is -0.367 e. The highest BCUT2D eigenvalue weighted by atomic mass is 35.5. The first kappa shape index (κ1) is 16.1. The molecule has 0 atom stereocenters. The van der Waals surface area contributed by atoms with E-state index in [2.05, 4.69) is 10.2 Å². The smallest absolute Gasteiger partial charge is 0.239 e. The fourth-order valence-electron chi connectivity index (χ4n) is 2.30. The van der Waals surface area contributed by atoms with E-state index in [1.165, 1.54) is 10.6 Å². The quantitative estimate of drug-likeness (QED) is 0.834. The van der Waals surface area contributed by atoms with Crippen LogP contribution in [0.4, 0.5) is 11.4 Å². The second-order valence-corrected chi connectivity index (χ2v) is 7.10. The third-order valence-electron chi connectivity index (χ3n) is 3.35. The SMILES string of the molecule is CS(=O)(=O)N1CCN(c2ccccc2NC(=O)CCl)CC1. The van der Waals surface area contributed by atoms with Gasteiger partial charge >= 0.3 is 0 Å². The van der Waals surface area contributed by atoms with Crippen LogP contribution in [-0.2, 0) is 14.8 Å². The normalized spacial score (nSPS) is 16.8. The molecule has 1 amide bonds. The first-order chi connectivity index (χ1) is 9.91. The van der Waals surface area contributed by atoms with Gasteiger partial charge in [0.05, 0.1) is 17.6 Å². The Morgan fingerprint density at radius 2 is 1.86 bits per heavy atom. The lowest BCUT2D eigenvalue weighted by Gasteiger charge is -2.35. The monoisotopic (exact) mass is 331 g/mol. The lowest BCUT2D eigenvalue weighted by Crippen LogP contribution is -2.48. The minimum atomic E-state index is -3.15. The van der Waals surface area contributed by atoms with Gasteiger partial charge in [0.15, 0.2) is 0 Å². The topological polar surface area (TPSA) is 69.7 Å². The number of hydrogen-bond donors (Lipinski definition) is 1. The fourth-order valence-corrected chi connectivity index (χ4v) is 3.19. The first-order valence-corrected chi connectivity index (χ1v) is 8.95. The molecule has 0 aromatic heterocycles. The molecule has 1 aliphatic heterocycles. The number of benzene rings is 1. The van der Waals surface area contributed by atoms with E-state index in [0.29, 0.717) is 31.9 Å². The third kappa shape index (κ3) is 4.09. The van der Waals surface area contributed by atoms with Gasteiger partial charge in [0.1, 0.15) is 5.88 Å². The average molecular weight is 332 g/mol. The molecule has 2 rings (SSSR count). The predicted octanol–water partition coefficient (Wildman–Crippen LogP) is 0.945. The number of amides is 1. The van der Waals surface area contributed by atoms with Crippen molar-refractivity contribution < 1.29 is 13.2 Å². The van der Waals surface area contributed by atoms with Gasteiger partial charge in [-0.05, 0) is 12.1 Å². The fraction of sp³-hybridized carbons (Fsp3) is 0.462. The van der Waals surface area contributed by atoms with E-state index in [1.54, 1.807) is 0 Å². The number of rotatable bonds is 4. The maximum Gasteiger partial charge on any atom is 0.239 e. The predicted molar refractivity (Wildman–Crippen MR) is 84.4 cm³/mol. The van der Waals surface area contributed by atoms with Gasteiger partial charge in [-0.15, -0.1) is 11.6 Å². The Balaban J connectivity index is 2.12. The van der Waals surface area contributed by atoms with E-state index in [1.807, 2.05) is 24.3 Å². The molecule has 0 unspecified atom stereocenters. The molecular formula is C13H18ClN3O3S. The van der Waals surface area contributed by atoms with E-state index in [4.69, 9.17) is 11.6 Å². The Kier molecular flexibility index (Phi) is 5.08. The van der Waals surface area contributed by atoms with Crippen LogP contribution >= 0.6 is 11.6 Å². The van der Waals surface area contributed by atoms with Crippen molar-refractivity contribution in [1.82, 2.24) is 4.31 Å². The Morgan fingerprint density at radius 3 is 2.43 bits per heavy atom. The van der Waals surface area contributed by atoms with Gasteiger partial charge in [-0.2, -0.15) is 4.31 Å². The maximum absolute atomic E-state index is 11.5. The molecule has 6 nitrogen and oxygen atoms in total. The Labute approximate surface area is 129 Å². The van der Waals surface area contributed by atoms with E-state index >= 15 is 0 Å². The number of halogens is 1. The molecule has 8 heteroatoms. The second kappa shape index (κ2) is 6.64. The second-order valence-electron chi connectivity index (χ2n) is 4.85. The number of para-hydroxylation sites is 2. The van der Waals surface area contributed by atoms with E-state index in [-0.39, 0.29) is 11.8 Å². The summed E-state index contributed by atoms with van der Waals surface area (Å²) in [7, 11) is -3.15. The number of alkyl halides is 1. The number of sulfonamides is 1. The Bertz CT molecular complexity index is 613. The standard InChI is InChI=1S/C13H18ClN3O3S/c1-21(19,20)17-8-6-16(7-9-17)12-5-3-2-4-11(12)15-13(18)10-14/h2-5H,6-10H2,1H3,(H,15,18). The average Bonchev–Trinajstić information content (AvgIpc) is 2.47. The molecular weight excluding hydrogens is 314 g/mol. The van der Waals surface area contributed by atoms with Crippen molar-refractivity contribution in [2.45, 2.75) is 0 Å². The summed E-state index contributed by atoms with van der Waals surface area (Å²) < 4.78 is 24.5. The van der Waals surface area contributed by atoms with Gasteiger partial charge in [-0.3, -0.25) is 4.79 Å². The summed E-state index contributed by atoms with van der Waals surface area (Å²) in [5.41, 5.74) is 1.57. The molecule has 0 saturated carbocycles. The number of anilines is 2. The molecule has 1 aromatic carbocycles. The summed E-state index contributed by atoms with van der Waals surface area (Å²) in [4.78, 5) is 13.5. The van der Waals surface area contributed by atoms with E-state index in [9.17, 15) is 13.2 Å². The molecule has 1 aromatic rings. The molecule has 1 fully saturated rings. The molecule has 21 heavy (non-hydrogen) atoms. The summed E-state index contributed by atoms with van der Waals surface area (Å²) in [5.74, 6) is -0.366. The molecule has 116 valence electrons. The van der Waals surface area contributed by atoms with Crippen LogP contribution in [0.2, 0.25) is 0 Å². The van der Waals surface area contributed by atoms with Gasteiger partial charge in [0.2, 0.25) is 15.9 Å². The van der Waals surface area contributed by atoms with Gasteiger partial charge < -0.3 is 10.2 Å². The van der Waals surface area contributed by atoms with Crippen molar-refractivity contribution in [3.63, 3.8) is 0 Å². The molecule has 0 spiro atoms. The Hall–Kier alpha value is -1.31. The van der Waals surface area contributed by atoms with Gasteiger partial charge in [-0.25, -0.2) is 8.42 Å². The lowest BCUT2D eigenvalue weighted by molar-refractivity contribution is -0.113. The molecule has 0 radical (unpaired) electrons. The number of hydrogen-bond acceptors (Lipinski definition) is 4. The minimum absolute atomic E-state index is 0.101. The van der Waals surface area contributed by atoms with E-state index in [0.717, 1.165) is 5.69 Å². The van der Waals surface area contributed by atoms with Crippen molar-refractivity contribution in [1.29, 1.82) is 0 Å². The van der Waals surface area contributed by atoms with Crippen LogP contribution in [-0.4, -0.2) is 56.9 Å². The number of nitrogens with one attached hydrogen (secondary N) is 1. The summed E-state index contributed by atoms with van der Waals surface area (Å²) >= 11 is 5.51. The zero-order valence-electron chi connectivity index (χ0n) is 11.8. The number of carbonyl (C=O) groups is 1. The third-order valence-corrected chi connectivity index (χ3v) is 4.89. The molecule has 1 heterocycles. The van der Waals surface area contributed by atoms with Crippen molar-refractivity contribution in [2.24, 2.45) is 0 Å². The maximum atomic E-state index is 11.5. The number of nitrogens with zero attached hydrogens (tertiary/aromatic N) is 2. The van der Waals surface area contributed by atoms with Crippen molar-refractivity contribution in [3.8, 4) is 0 Å². The first-order valence-electron chi connectivity index (χ1n) is 6.56. The lowest BCUT2D eigenvalue weighted by atomic mass is 10.2. The summed E-state index contributed by atoms with van der Waals surface area (Å²) in [6.07, 6.45) is 1.22. The van der Waals surface area contributed by atoms with Crippen LogP contribution < -0.4 is 10.2 Å². The molecule has 1 saturated heterocycles. The summed E-state index contributed by atoms with van der Waals surface area (Å²) in [5, 5.41) is 2.75. The van der Waals surface area contributed by atoms with Gasteiger partial charge in [0, 0.05) is 26.2 Å². The molecule has 1 aliphatic rings. The summed E-state index contributed by atoms with van der Waals surface area (Å²) in [6, 6.07) is 7.43. The van der Waals surface area contributed by atoms with Crippen LogP contribution in [0, 0.1) is 0 Å². The van der Waals surface area contributed by atoms with Crippen molar-refractivity contribution in [3.05, 3.63) is 24.3 Å². The highest BCUT2D eigenvalue weighted by molar-refractivity contribution is 7.88. The summed E-state index contributed by atoms with van der Waals surface area (Å²) in [6.45, 7) is 2.05. The van der Waals surface area contributed by atoms with Crippen LogP contribution in [0.5, 0.6) is 0 Å². The van der Waals surface area contributed by atoms with Gasteiger partial charge in [0.25, 0.3) is 0 Å². The van der Waals surface area contributed by atoms with Crippen LogP contribution in [0.15, 0.2) is 24.3 Å². The zero-order valence-corrected chi connectivity index (χ0v) is 13.3. The highest BCUT2D eigenvalue weighted by Gasteiger charge is 2.24. The largest absolute Gasteiger partial charge is 0.367 e. The zero-order chi connectivity index (χ0) is 15.5. The number of piperazine rings is 1. The van der Waals surface area contributed by atoms with Crippen molar-refractivity contribution in [2.75, 3.05) is 48.5 Å². The van der Waals surface area contributed by atoms with E-state index < -0.39 is 10.0 Å².